The summed E-state index contributed by atoms with van der Waals surface area (Å²) in [4.78, 5) is 34.6. The molecule has 2 amide bonds. The van der Waals surface area contributed by atoms with Crippen LogP contribution in [-0.2, 0) is 4.74 Å². The summed E-state index contributed by atoms with van der Waals surface area (Å²) >= 11 is 0. The Morgan fingerprint density at radius 1 is 1.03 bits per heavy atom. The molecule has 9 nitrogen and oxygen atoms in total. The number of carbonyl (C=O) groups excluding carboxylic acids is 2. The molecule has 2 saturated heterocycles. The third-order valence-corrected chi connectivity index (χ3v) is 6.60. The van der Waals surface area contributed by atoms with Crippen LogP contribution in [0, 0.1) is 5.92 Å². The first kappa shape index (κ1) is 24.8. The van der Waals surface area contributed by atoms with Crippen LogP contribution in [0.5, 0.6) is 0 Å². The van der Waals surface area contributed by atoms with Crippen LogP contribution in [0.15, 0.2) is 30.5 Å². The summed E-state index contributed by atoms with van der Waals surface area (Å²) in [6.45, 7) is 12.5. The standard InChI is InChI=1S/C26H38N6O3/c1-18-7-9-31(10-8-18)23-16-20(5-6-21(23)29-24(33)22-15-19(27)17-28-22)30-11-13-32(14-12-30)25(34)35-26(2,3)4/h5-6,15-18,28H,7-14,27H2,1-4H3,(H,29,33). The van der Waals surface area contributed by atoms with E-state index in [1.54, 1.807) is 17.2 Å². The lowest BCUT2D eigenvalue weighted by Gasteiger charge is -2.38. The molecule has 2 aromatic rings. The van der Waals surface area contributed by atoms with Crippen molar-refractivity contribution in [2.45, 2.75) is 46.1 Å². The van der Waals surface area contributed by atoms with Crippen LogP contribution in [0.2, 0.25) is 0 Å². The van der Waals surface area contributed by atoms with Gasteiger partial charge in [-0.15, -0.1) is 0 Å². The highest BCUT2D eigenvalue weighted by atomic mass is 16.6. The van der Waals surface area contributed by atoms with Gasteiger partial charge < -0.3 is 35.5 Å². The zero-order chi connectivity index (χ0) is 25.2. The zero-order valence-corrected chi connectivity index (χ0v) is 21.3. The summed E-state index contributed by atoms with van der Waals surface area (Å²) in [6.07, 6.45) is 3.60. The van der Waals surface area contributed by atoms with Gasteiger partial charge in [0.1, 0.15) is 11.3 Å². The first-order valence-electron chi connectivity index (χ1n) is 12.5. The molecule has 0 spiro atoms. The molecule has 4 N–H and O–H groups in total. The number of nitrogen functional groups attached to an aromatic ring is 1. The van der Waals surface area contributed by atoms with Crippen molar-refractivity contribution in [3.63, 3.8) is 0 Å². The molecule has 2 aliphatic heterocycles. The first-order valence-corrected chi connectivity index (χ1v) is 12.5. The van der Waals surface area contributed by atoms with E-state index in [0.29, 0.717) is 30.4 Å². The van der Waals surface area contributed by atoms with Crippen LogP contribution in [0.3, 0.4) is 0 Å². The fourth-order valence-corrected chi connectivity index (χ4v) is 4.54. The summed E-state index contributed by atoms with van der Waals surface area (Å²) in [6, 6.07) is 7.82. The first-order chi connectivity index (χ1) is 16.6. The third kappa shape index (κ3) is 6.21. The molecule has 1 aromatic heterocycles. The third-order valence-electron chi connectivity index (χ3n) is 6.60. The molecule has 0 aliphatic carbocycles. The van der Waals surface area contributed by atoms with E-state index < -0.39 is 5.60 Å². The lowest BCUT2D eigenvalue weighted by Crippen LogP contribution is -2.50. The molecule has 0 bridgehead atoms. The Bertz CT molecular complexity index is 1040. The number of ether oxygens (including phenoxy) is 1. The average molecular weight is 483 g/mol. The summed E-state index contributed by atoms with van der Waals surface area (Å²) in [7, 11) is 0. The van der Waals surface area contributed by atoms with Gasteiger partial charge in [-0.25, -0.2) is 4.79 Å². The fraction of sp³-hybridized carbons (Fsp3) is 0.538. The van der Waals surface area contributed by atoms with Crippen LogP contribution in [0.1, 0.15) is 51.0 Å². The van der Waals surface area contributed by atoms with Crippen LogP contribution in [-0.4, -0.2) is 66.8 Å². The van der Waals surface area contributed by atoms with Crippen molar-refractivity contribution in [2.75, 3.05) is 60.1 Å². The summed E-state index contributed by atoms with van der Waals surface area (Å²) in [5, 5.41) is 3.07. The molecule has 2 aliphatic rings. The number of aromatic nitrogens is 1. The molecule has 190 valence electrons. The predicted molar refractivity (Wildman–Crippen MR) is 140 cm³/mol. The largest absolute Gasteiger partial charge is 0.444 e. The van der Waals surface area contributed by atoms with Crippen molar-refractivity contribution in [3.05, 3.63) is 36.2 Å². The molecule has 0 saturated carbocycles. The molecule has 1 aromatic carbocycles. The maximum atomic E-state index is 12.8. The number of amides is 2. The number of piperazine rings is 1. The summed E-state index contributed by atoms with van der Waals surface area (Å²) in [5.41, 5.74) is 9.14. The number of nitrogens with zero attached hydrogens (tertiary/aromatic N) is 3. The minimum absolute atomic E-state index is 0.216. The van der Waals surface area contributed by atoms with Gasteiger partial charge in [-0.05, 0) is 63.8 Å². The molecule has 9 heteroatoms. The Morgan fingerprint density at radius 2 is 1.71 bits per heavy atom. The average Bonchev–Trinajstić information content (AvgIpc) is 3.25. The number of hydrogen-bond acceptors (Lipinski definition) is 6. The van der Waals surface area contributed by atoms with E-state index in [1.807, 2.05) is 32.9 Å². The Hall–Kier alpha value is -3.36. The Balaban J connectivity index is 1.50. The van der Waals surface area contributed by atoms with E-state index in [-0.39, 0.29) is 12.0 Å². The lowest BCUT2D eigenvalue weighted by molar-refractivity contribution is 0.0240. The Labute approximate surface area is 207 Å². The lowest BCUT2D eigenvalue weighted by atomic mass is 9.98. The van der Waals surface area contributed by atoms with Crippen molar-refractivity contribution in [3.8, 4) is 0 Å². The highest BCUT2D eigenvalue weighted by Crippen LogP contribution is 2.34. The summed E-state index contributed by atoms with van der Waals surface area (Å²) in [5.74, 6) is 0.488. The molecular formula is C26H38N6O3. The normalized spacial score (nSPS) is 17.4. The van der Waals surface area contributed by atoms with E-state index in [1.165, 1.54) is 0 Å². The number of benzene rings is 1. The fourth-order valence-electron chi connectivity index (χ4n) is 4.54. The van der Waals surface area contributed by atoms with Crippen LogP contribution < -0.4 is 20.9 Å². The van der Waals surface area contributed by atoms with Crippen LogP contribution >= 0.6 is 0 Å². The van der Waals surface area contributed by atoms with E-state index in [9.17, 15) is 9.59 Å². The molecule has 0 unspecified atom stereocenters. The SMILES string of the molecule is CC1CCN(c2cc(N3CCN(C(=O)OC(C)(C)C)CC3)ccc2NC(=O)c2cc(N)c[nH]2)CC1. The van der Waals surface area contributed by atoms with Crippen LogP contribution in [0.4, 0.5) is 27.5 Å². The van der Waals surface area contributed by atoms with Crippen molar-refractivity contribution >= 4 is 34.7 Å². The van der Waals surface area contributed by atoms with Crippen molar-refractivity contribution in [2.24, 2.45) is 5.92 Å². The van der Waals surface area contributed by atoms with Gasteiger partial charge in [-0.3, -0.25) is 4.79 Å². The van der Waals surface area contributed by atoms with Gasteiger partial charge in [-0.2, -0.15) is 0 Å². The van der Waals surface area contributed by atoms with E-state index >= 15 is 0 Å². The highest BCUT2D eigenvalue weighted by Gasteiger charge is 2.27. The Kier molecular flexibility index (Phi) is 7.14. The number of carbonyl (C=O) groups is 2. The molecule has 3 heterocycles. The number of nitrogens with one attached hydrogen (secondary N) is 2. The topological polar surface area (TPSA) is 107 Å². The molecule has 0 atom stereocenters. The van der Waals surface area contributed by atoms with Crippen molar-refractivity contribution in [1.82, 2.24) is 9.88 Å². The summed E-state index contributed by atoms with van der Waals surface area (Å²) < 4.78 is 5.53. The number of nitrogens with two attached hydrogens (primary N) is 1. The number of piperidine rings is 1. The molecular weight excluding hydrogens is 444 g/mol. The molecule has 4 rings (SSSR count). The van der Waals surface area contributed by atoms with E-state index in [2.05, 4.69) is 33.1 Å². The maximum absolute atomic E-state index is 12.8. The minimum Gasteiger partial charge on any atom is -0.444 e. The zero-order valence-electron chi connectivity index (χ0n) is 21.3. The highest BCUT2D eigenvalue weighted by molar-refractivity contribution is 6.05. The van der Waals surface area contributed by atoms with E-state index in [0.717, 1.165) is 56.1 Å². The predicted octanol–water partition coefficient (Wildman–Crippen LogP) is 4.14. The van der Waals surface area contributed by atoms with Crippen LogP contribution in [0.25, 0.3) is 0 Å². The van der Waals surface area contributed by atoms with Gasteiger partial charge in [0.25, 0.3) is 5.91 Å². The smallest absolute Gasteiger partial charge is 0.410 e. The van der Waals surface area contributed by atoms with Crippen molar-refractivity contribution in [1.29, 1.82) is 0 Å². The minimum atomic E-state index is -0.499. The van der Waals surface area contributed by atoms with Crippen molar-refractivity contribution < 1.29 is 14.3 Å². The number of anilines is 4. The maximum Gasteiger partial charge on any atom is 0.410 e. The molecule has 35 heavy (non-hydrogen) atoms. The number of H-pyrrole nitrogens is 1. The van der Waals surface area contributed by atoms with E-state index in [4.69, 9.17) is 10.5 Å². The monoisotopic (exact) mass is 482 g/mol. The molecule has 0 radical (unpaired) electrons. The van der Waals surface area contributed by atoms with Gasteiger partial charge in [0.2, 0.25) is 0 Å². The molecule has 2 fully saturated rings. The number of hydrogen-bond donors (Lipinski definition) is 3. The van der Waals surface area contributed by atoms with Gasteiger partial charge in [0, 0.05) is 56.8 Å². The van der Waals surface area contributed by atoms with Gasteiger partial charge in [-0.1, -0.05) is 6.92 Å². The Morgan fingerprint density at radius 3 is 2.31 bits per heavy atom. The second-order valence-electron chi connectivity index (χ2n) is 10.6. The van der Waals surface area contributed by atoms with Gasteiger partial charge in [0.15, 0.2) is 0 Å². The second kappa shape index (κ2) is 10.1. The second-order valence-corrected chi connectivity index (χ2v) is 10.6. The van der Waals surface area contributed by atoms with Gasteiger partial charge in [0.05, 0.1) is 11.4 Å². The quantitative estimate of drug-likeness (QED) is 0.605. The van der Waals surface area contributed by atoms with Gasteiger partial charge >= 0.3 is 6.09 Å². The number of aromatic amines is 1. The number of rotatable bonds is 4.